The van der Waals surface area contributed by atoms with Gasteiger partial charge in [0.15, 0.2) is 0 Å². The van der Waals surface area contributed by atoms with Gasteiger partial charge in [0.1, 0.15) is 0 Å². The highest BCUT2D eigenvalue weighted by Crippen LogP contribution is 2.24. The summed E-state index contributed by atoms with van der Waals surface area (Å²) < 4.78 is 0. The smallest absolute Gasteiger partial charge is 0.0550 e. The van der Waals surface area contributed by atoms with Gasteiger partial charge in [-0.1, -0.05) is 36.8 Å². The van der Waals surface area contributed by atoms with Crippen LogP contribution in [0.1, 0.15) is 18.9 Å². The molecular formula is C14H18N2. The van der Waals surface area contributed by atoms with E-state index < -0.39 is 0 Å². The summed E-state index contributed by atoms with van der Waals surface area (Å²) in [6.45, 7) is 2.23. The normalized spacial score (nSPS) is 18.8. The molecule has 1 aromatic carbocycles. The molecule has 1 atom stereocenters. The molecule has 1 unspecified atom stereocenters. The van der Waals surface area contributed by atoms with Crippen LogP contribution in [0.3, 0.4) is 0 Å². The zero-order valence-electron chi connectivity index (χ0n) is 9.61. The highest BCUT2D eigenvalue weighted by atomic mass is 14.7. The summed E-state index contributed by atoms with van der Waals surface area (Å²) in [7, 11) is 0. The van der Waals surface area contributed by atoms with Crippen molar-refractivity contribution in [2.24, 2.45) is 5.92 Å². The monoisotopic (exact) mass is 214 g/mol. The predicted octanol–water partition coefficient (Wildman–Crippen LogP) is 2.92. The van der Waals surface area contributed by atoms with Crippen molar-refractivity contribution in [1.29, 1.82) is 0 Å². The molecule has 0 radical (unpaired) electrons. The standard InChI is InChI=1S/C14H18N2/c1-10-3-2-4-12(10)7-5-11-6-8-13(15)14(16)9-11/h2-4,6,8-10H,5,7,15-16H2,1H3. The molecule has 1 aliphatic rings. The van der Waals surface area contributed by atoms with Crippen molar-refractivity contribution in [2.45, 2.75) is 19.8 Å². The number of hydrogen-bond donors (Lipinski definition) is 2. The maximum absolute atomic E-state index is 5.78. The number of aryl methyl sites for hydroxylation is 1. The summed E-state index contributed by atoms with van der Waals surface area (Å²) in [6.07, 6.45) is 8.70. The molecular weight excluding hydrogens is 196 g/mol. The summed E-state index contributed by atoms with van der Waals surface area (Å²) in [5.41, 5.74) is 15.6. The minimum atomic E-state index is 0.589. The predicted molar refractivity (Wildman–Crippen MR) is 70.0 cm³/mol. The second kappa shape index (κ2) is 4.44. The topological polar surface area (TPSA) is 52.0 Å². The zero-order chi connectivity index (χ0) is 11.5. The summed E-state index contributed by atoms with van der Waals surface area (Å²) in [4.78, 5) is 0. The van der Waals surface area contributed by atoms with E-state index in [1.807, 2.05) is 12.1 Å². The summed E-state index contributed by atoms with van der Waals surface area (Å²) in [5.74, 6) is 0.589. The second-order valence-electron chi connectivity index (χ2n) is 4.38. The summed E-state index contributed by atoms with van der Waals surface area (Å²) in [5, 5.41) is 0. The highest BCUT2D eigenvalue weighted by molar-refractivity contribution is 5.63. The molecule has 0 spiro atoms. The minimum Gasteiger partial charge on any atom is -0.397 e. The third-order valence-corrected chi connectivity index (χ3v) is 3.15. The fourth-order valence-electron chi connectivity index (χ4n) is 2.00. The Balaban J connectivity index is 1.97. The summed E-state index contributed by atoms with van der Waals surface area (Å²) in [6, 6.07) is 5.91. The van der Waals surface area contributed by atoms with Crippen LogP contribution in [0.25, 0.3) is 0 Å². The highest BCUT2D eigenvalue weighted by Gasteiger charge is 2.09. The van der Waals surface area contributed by atoms with Crippen molar-refractivity contribution in [3.8, 4) is 0 Å². The van der Waals surface area contributed by atoms with Crippen molar-refractivity contribution in [1.82, 2.24) is 0 Å². The first-order valence-corrected chi connectivity index (χ1v) is 5.68. The van der Waals surface area contributed by atoms with Gasteiger partial charge in [0, 0.05) is 0 Å². The molecule has 0 heterocycles. The molecule has 84 valence electrons. The van der Waals surface area contributed by atoms with Crippen LogP contribution in [0.5, 0.6) is 0 Å². The average molecular weight is 214 g/mol. The number of benzene rings is 1. The van der Waals surface area contributed by atoms with Gasteiger partial charge in [-0.15, -0.1) is 0 Å². The van der Waals surface area contributed by atoms with Crippen molar-refractivity contribution in [2.75, 3.05) is 11.5 Å². The Labute approximate surface area is 96.6 Å². The number of nitrogens with two attached hydrogens (primary N) is 2. The van der Waals surface area contributed by atoms with Crippen LogP contribution >= 0.6 is 0 Å². The third-order valence-electron chi connectivity index (χ3n) is 3.15. The van der Waals surface area contributed by atoms with Gasteiger partial charge in [0.05, 0.1) is 11.4 Å². The lowest BCUT2D eigenvalue weighted by molar-refractivity contribution is 0.787. The van der Waals surface area contributed by atoms with Crippen LogP contribution in [-0.2, 0) is 6.42 Å². The van der Waals surface area contributed by atoms with Crippen LogP contribution in [0, 0.1) is 5.92 Å². The van der Waals surface area contributed by atoms with Gasteiger partial charge in [-0.05, 0) is 36.5 Å². The minimum absolute atomic E-state index is 0.589. The second-order valence-corrected chi connectivity index (χ2v) is 4.38. The van der Waals surface area contributed by atoms with Gasteiger partial charge in [0.25, 0.3) is 0 Å². The molecule has 1 aromatic rings. The Bertz CT molecular complexity index is 444. The van der Waals surface area contributed by atoms with Crippen molar-refractivity contribution >= 4 is 11.4 Å². The fourth-order valence-corrected chi connectivity index (χ4v) is 2.00. The van der Waals surface area contributed by atoms with Gasteiger partial charge in [-0.3, -0.25) is 0 Å². The van der Waals surface area contributed by atoms with E-state index in [1.165, 1.54) is 11.1 Å². The van der Waals surface area contributed by atoms with E-state index in [9.17, 15) is 0 Å². The Morgan fingerprint density at radius 2 is 1.94 bits per heavy atom. The number of allylic oxidation sites excluding steroid dienone is 4. The van der Waals surface area contributed by atoms with E-state index in [1.54, 1.807) is 0 Å². The molecule has 0 saturated carbocycles. The van der Waals surface area contributed by atoms with Crippen molar-refractivity contribution in [3.05, 3.63) is 47.6 Å². The van der Waals surface area contributed by atoms with Crippen LogP contribution in [0.2, 0.25) is 0 Å². The van der Waals surface area contributed by atoms with Gasteiger partial charge in [-0.2, -0.15) is 0 Å². The lowest BCUT2D eigenvalue weighted by Crippen LogP contribution is -1.98. The molecule has 0 bridgehead atoms. The van der Waals surface area contributed by atoms with Gasteiger partial charge in [0.2, 0.25) is 0 Å². The zero-order valence-corrected chi connectivity index (χ0v) is 9.61. The molecule has 0 saturated heterocycles. The molecule has 1 aliphatic carbocycles. The van der Waals surface area contributed by atoms with Crippen molar-refractivity contribution in [3.63, 3.8) is 0 Å². The van der Waals surface area contributed by atoms with Gasteiger partial charge >= 0.3 is 0 Å². The first-order valence-electron chi connectivity index (χ1n) is 5.68. The van der Waals surface area contributed by atoms with Crippen LogP contribution in [0.15, 0.2) is 42.0 Å². The first kappa shape index (κ1) is 10.8. The Morgan fingerprint density at radius 3 is 2.56 bits per heavy atom. The number of anilines is 2. The first-order chi connectivity index (χ1) is 7.66. The Hall–Kier alpha value is -1.70. The van der Waals surface area contributed by atoms with Gasteiger partial charge < -0.3 is 11.5 Å². The van der Waals surface area contributed by atoms with Crippen LogP contribution in [0.4, 0.5) is 11.4 Å². The molecule has 2 nitrogen and oxygen atoms in total. The molecule has 0 aromatic heterocycles. The van der Waals surface area contributed by atoms with Crippen molar-refractivity contribution < 1.29 is 0 Å². The number of rotatable bonds is 3. The number of hydrogen-bond acceptors (Lipinski definition) is 2. The molecule has 0 aliphatic heterocycles. The molecule has 2 rings (SSSR count). The lowest BCUT2D eigenvalue weighted by Gasteiger charge is -2.09. The van der Waals surface area contributed by atoms with Crippen LogP contribution in [-0.4, -0.2) is 0 Å². The Morgan fingerprint density at radius 1 is 1.12 bits per heavy atom. The van der Waals surface area contributed by atoms with Gasteiger partial charge in [-0.25, -0.2) is 0 Å². The third kappa shape index (κ3) is 2.27. The van der Waals surface area contributed by atoms with E-state index in [0.717, 1.165) is 12.8 Å². The van der Waals surface area contributed by atoms with E-state index in [0.29, 0.717) is 17.3 Å². The molecule has 16 heavy (non-hydrogen) atoms. The Kier molecular flexibility index (Phi) is 3.00. The molecule has 0 fully saturated rings. The summed E-state index contributed by atoms with van der Waals surface area (Å²) >= 11 is 0. The quantitative estimate of drug-likeness (QED) is 0.760. The SMILES string of the molecule is CC1C=CC=C1CCc1ccc(N)c(N)c1. The van der Waals surface area contributed by atoms with E-state index in [2.05, 4.69) is 31.2 Å². The maximum atomic E-state index is 5.78. The largest absolute Gasteiger partial charge is 0.397 e. The lowest BCUT2D eigenvalue weighted by atomic mass is 9.97. The van der Waals surface area contributed by atoms with Crippen LogP contribution < -0.4 is 11.5 Å². The average Bonchev–Trinajstić information content (AvgIpc) is 2.66. The molecule has 0 amide bonds. The number of nitrogen functional groups attached to an aromatic ring is 2. The fraction of sp³-hybridized carbons (Fsp3) is 0.286. The maximum Gasteiger partial charge on any atom is 0.0550 e. The van der Waals surface area contributed by atoms with E-state index >= 15 is 0 Å². The molecule has 4 N–H and O–H groups in total. The van der Waals surface area contributed by atoms with E-state index in [4.69, 9.17) is 11.5 Å². The van der Waals surface area contributed by atoms with E-state index in [-0.39, 0.29) is 0 Å². The molecule has 2 heteroatoms.